The summed E-state index contributed by atoms with van der Waals surface area (Å²) in [7, 11) is 1.87. The van der Waals surface area contributed by atoms with Gasteiger partial charge >= 0.3 is 0 Å². The van der Waals surface area contributed by atoms with Gasteiger partial charge in [0.2, 0.25) is 0 Å². The number of benzene rings is 1. The molecule has 0 aliphatic heterocycles. The summed E-state index contributed by atoms with van der Waals surface area (Å²) in [5.41, 5.74) is 6.26. The second kappa shape index (κ2) is 5.39. The van der Waals surface area contributed by atoms with E-state index < -0.39 is 0 Å². The van der Waals surface area contributed by atoms with Gasteiger partial charge in [-0.3, -0.25) is 4.90 Å². The summed E-state index contributed by atoms with van der Waals surface area (Å²) < 4.78 is 12.8. The number of nitrogens with zero attached hydrogens (tertiary/aromatic N) is 1. The first kappa shape index (κ1) is 12.4. The van der Waals surface area contributed by atoms with Crippen LogP contribution in [0.4, 0.5) is 4.39 Å². The summed E-state index contributed by atoms with van der Waals surface area (Å²) in [6, 6.07) is 4.34. The first-order valence-corrected chi connectivity index (χ1v) is 5.18. The molecule has 0 radical (unpaired) electrons. The van der Waals surface area contributed by atoms with Gasteiger partial charge in [-0.25, -0.2) is 4.39 Å². The van der Waals surface area contributed by atoms with E-state index in [0.29, 0.717) is 23.1 Å². The van der Waals surface area contributed by atoms with Crippen molar-refractivity contribution in [3.8, 4) is 0 Å². The first-order chi connectivity index (χ1) is 6.99. The van der Waals surface area contributed by atoms with Gasteiger partial charge in [-0.15, -0.1) is 0 Å². The van der Waals surface area contributed by atoms with Gasteiger partial charge < -0.3 is 5.73 Å². The Balaban J connectivity index is 2.68. The summed E-state index contributed by atoms with van der Waals surface area (Å²) in [5, 5.41) is 0.421. The highest BCUT2D eigenvalue weighted by atomic mass is 35.5. The van der Waals surface area contributed by atoms with Crippen LogP contribution in [0.3, 0.4) is 0 Å². The molecule has 1 aromatic carbocycles. The average Bonchev–Trinajstić information content (AvgIpc) is 2.08. The SMILES string of the molecule is CN(CC(N)=S)Cc1ccc(F)cc1Cl. The van der Waals surface area contributed by atoms with Crippen molar-refractivity contribution in [3.05, 3.63) is 34.6 Å². The quantitative estimate of drug-likeness (QED) is 0.826. The Morgan fingerprint density at radius 1 is 1.60 bits per heavy atom. The monoisotopic (exact) mass is 246 g/mol. The number of rotatable bonds is 4. The molecule has 0 amide bonds. The zero-order valence-electron chi connectivity index (χ0n) is 8.34. The smallest absolute Gasteiger partial charge is 0.124 e. The summed E-state index contributed by atoms with van der Waals surface area (Å²) in [6.07, 6.45) is 0. The third-order valence-electron chi connectivity index (χ3n) is 1.88. The van der Waals surface area contributed by atoms with Crippen LogP contribution in [-0.2, 0) is 6.54 Å². The molecule has 15 heavy (non-hydrogen) atoms. The first-order valence-electron chi connectivity index (χ1n) is 4.40. The number of halogens is 2. The van der Waals surface area contributed by atoms with Gasteiger partial charge in [-0.1, -0.05) is 29.9 Å². The van der Waals surface area contributed by atoms with Crippen molar-refractivity contribution in [2.75, 3.05) is 13.6 Å². The van der Waals surface area contributed by atoms with E-state index in [0.717, 1.165) is 5.56 Å². The van der Waals surface area contributed by atoms with Crippen LogP contribution in [0.5, 0.6) is 0 Å². The third kappa shape index (κ3) is 4.11. The Morgan fingerprint density at radius 3 is 2.80 bits per heavy atom. The van der Waals surface area contributed by atoms with Gasteiger partial charge in [0.05, 0.1) is 4.99 Å². The van der Waals surface area contributed by atoms with E-state index in [1.165, 1.54) is 12.1 Å². The number of likely N-dealkylation sites (N-methyl/N-ethyl adjacent to an activating group) is 1. The van der Waals surface area contributed by atoms with E-state index in [2.05, 4.69) is 0 Å². The fourth-order valence-electron chi connectivity index (χ4n) is 1.26. The molecule has 0 fully saturated rings. The third-order valence-corrected chi connectivity index (χ3v) is 2.36. The highest BCUT2D eigenvalue weighted by Crippen LogP contribution is 2.18. The van der Waals surface area contributed by atoms with Crippen molar-refractivity contribution in [3.63, 3.8) is 0 Å². The van der Waals surface area contributed by atoms with Gasteiger partial charge in [0, 0.05) is 18.1 Å². The molecule has 1 aromatic rings. The lowest BCUT2D eigenvalue weighted by atomic mass is 10.2. The summed E-state index contributed by atoms with van der Waals surface area (Å²) in [6.45, 7) is 1.11. The molecule has 82 valence electrons. The molecule has 2 N–H and O–H groups in total. The van der Waals surface area contributed by atoms with Crippen molar-refractivity contribution in [2.24, 2.45) is 5.73 Å². The standard InChI is InChI=1S/C10H12ClFN2S/c1-14(6-10(13)15)5-7-2-3-8(12)4-9(7)11/h2-4H,5-6H2,1H3,(H2,13,15). The van der Waals surface area contributed by atoms with Gasteiger partial charge in [0.15, 0.2) is 0 Å². The van der Waals surface area contributed by atoms with E-state index in [1.807, 2.05) is 11.9 Å². The van der Waals surface area contributed by atoms with Crippen molar-refractivity contribution in [1.29, 1.82) is 0 Å². The molecular weight excluding hydrogens is 235 g/mol. The Labute approximate surface area is 98.8 Å². The predicted octanol–water partition coefficient (Wildman–Crippen LogP) is 2.20. The van der Waals surface area contributed by atoms with Crippen LogP contribution in [0.25, 0.3) is 0 Å². The van der Waals surface area contributed by atoms with Crippen LogP contribution < -0.4 is 5.73 Å². The molecule has 0 saturated heterocycles. The highest BCUT2D eigenvalue weighted by Gasteiger charge is 2.06. The van der Waals surface area contributed by atoms with E-state index in [9.17, 15) is 4.39 Å². The van der Waals surface area contributed by atoms with Crippen LogP contribution in [0.2, 0.25) is 5.02 Å². The lowest BCUT2D eigenvalue weighted by Crippen LogP contribution is -2.29. The largest absolute Gasteiger partial charge is 0.392 e. The Kier molecular flexibility index (Phi) is 4.45. The molecule has 0 saturated carbocycles. The van der Waals surface area contributed by atoms with Crippen LogP contribution in [0, 0.1) is 5.82 Å². The Bertz CT molecular complexity index is 370. The maximum Gasteiger partial charge on any atom is 0.124 e. The second-order valence-electron chi connectivity index (χ2n) is 3.37. The molecule has 0 unspecified atom stereocenters. The lowest BCUT2D eigenvalue weighted by molar-refractivity contribution is 0.374. The summed E-state index contributed by atoms with van der Waals surface area (Å²) in [4.78, 5) is 2.34. The zero-order chi connectivity index (χ0) is 11.4. The number of nitrogens with two attached hydrogens (primary N) is 1. The number of hydrogen-bond acceptors (Lipinski definition) is 2. The van der Waals surface area contributed by atoms with Crippen molar-refractivity contribution in [1.82, 2.24) is 4.90 Å². The highest BCUT2D eigenvalue weighted by molar-refractivity contribution is 7.80. The molecule has 2 nitrogen and oxygen atoms in total. The van der Waals surface area contributed by atoms with E-state index in [4.69, 9.17) is 29.6 Å². The lowest BCUT2D eigenvalue weighted by Gasteiger charge is -2.16. The van der Waals surface area contributed by atoms with Crippen LogP contribution in [0.15, 0.2) is 18.2 Å². The second-order valence-corrected chi connectivity index (χ2v) is 4.31. The van der Waals surface area contributed by atoms with Crippen molar-refractivity contribution in [2.45, 2.75) is 6.54 Å². The maximum absolute atomic E-state index is 12.8. The molecule has 0 bridgehead atoms. The minimum Gasteiger partial charge on any atom is -0.392 e. The Hall–Kier alpha value is -0.710. The number of hydrogen-bond donors (Lipinski definition) is 1. The van der Waals surface area contributed by atoms with E-state index >= 15 is 0 Å². The average molecular weight is 247 g/mol. The minimum atomic E-state index is -0.333. The fraction of sp³-hybridized carbons (Fsp3) is 0.300. The molecule has 0 aliphatic rings. The fourth-order valence-corrected chi connectivity index (χ4v) is 1.71. The molecular formula is C10H12ClFN2S. The van der Waals surface area contributed by atoms with E-state index in [-0.39, 0.29) is 5.82 Å². The molecule has 0 atom stereocenters. The molecule has 1 rings (SSSR count). The van der Waals surface area contributed by atoms with Gasteiger partial charge in [-0.05, 0) is 24.7 Å². The van der Waals surface area contributed by atoms with Gasteiger partial charge in [-0.2, -0.15) is 0 Å². The minimum absolute atomic E-state index is 0.333. The molecule has 0 aromatic heterocycles. The van der Waals surface area contributed by atoms with Crippen LogP contribution in [-0.4, -0.2) is 23.5 Å². The molecule has 0 heterocycles. The number of thiocarbonyl (C=S) groups is 1. The maximum atomic E-state index is 12.8. The van der Waals surface area contributed by atoms with Gasteiger partial charge in [0.25, 0.3) is 0 Å². The topological polar surface area (TPSA) is 29.3 Å². The zero-order valence-corrected chi connectivity index (χ0v) is 9.91. The Morgan fingerprint density at radius 2 is 2.27 bits per heavy atom. The van der Waals surface area contributed by atoms with Crippen LogP contribution >= 0.6 is 23.8 Å². The summed E-state index contributed by atoms with van der Waals surface area (Å²) in [5.74, 6) is -0.333. The molecule has 5 heteroatoms. The summed E-state index contributed by atoms with van der Waals surface area (Å²) >= 11 is 10.7. The predicted molar refractivity (Wildman–Crippen MR) is 64.5 cm³/mol. The van der Waals surface area contributed by atoms with Crippen molar-refractivity contribution >= 4 is 28.8 Å². The molecule has 0 spiro atoms. The normalized spacial score (nSPS) is 10.7. The molecule has 0 aliphatic carbocycles. The van der Waals surface area contributed by atoms with Crippen molar-refractivity contribution < 1.29 is 4.39 Å². The van der Waals surface area contributed by atoms with E-state index in [1.54, 1.807) is 6.07 Å². The van der Waals surface area contributed by atoms with Gasteiger partial charge in [0.1, 0.15) is 5.82 Å². The van der Waals surface area contributed by atoms with Crippen LogP contribution in [0.1, 0.15) is 5.56 Å².